The molecule has 0 aliphatic rings. The monoisotopic (exact) mass is 335 g/mol. The van der Waals surface area contributed by atoms with Crippen LogP contribution in [0.3, 0.4) is 0 Å². The molecule has 0 spiro atoms. The van der Waals surface area contributed by atoms with E-state index in [0.717, 1.165) is 0 Å². The summed E-state index contributed by atoms with van der Waals surface area (Å²) in [7, 11) is -2.45. The lowest BCUT2D eigenvalue weighted by Gasteiger charge is -2.24. The summed E-state index contributed by atoms with van der Waals surface area (Å²) in [5, 5.41) is 11.0. The zero-order valence-corrected chi connectivity index (χ0v) is 13.8. The molecule has 0 radical (unpaired) electrons. The van der Waals surface area contributed by atoms with Crippen LogP contribution in [0.4, 0.5) is 5.69 Å². The van der Waals surface area contributed by atoms with Crippen molar-refractivity contribution >= 4 is 15.7 Å². The molecule has 0 N–H and O–H groups in total. The fraction of sp³-hybridized carbons (Fsp3) is 0.267. The van der Waals surface area contributed by atoms with E-state index in [2.05, 4.69) is 4.98 Å². The van der Waals surface area contributed by atoms with Gasteiger partial charge in [0, 0.05) is 24.9 Å². The van der Waals surface area contributed by atoms with Crippen LogP contribution in [-0.2, 0) is 10.0 Å². The number of hydrogen-bond acceptors (Lipinski definition) is 5. The number of benzene rings is 1. The molecular weight excluding hydrogens is 318 g/mol. The standard InChI is InChI=1S/C15H17N3O4S/c1-11-14(18(19)20)8-6-9-15(11)23(21,22)17(3)12(2)13-7-4-5-10-16-13/h4-10,12H,1-3H3. The number of nitro groups is 1. The predicted molar refractivity (Wildman–Crippen MR) is 85.4 cm³/mol. The second-order valence-electron chi connectivity index (χ2n) is 5.11. The molecule has 0 amide bonds. The van der Waals surface area contributed by atoms with Gasteiger partial charge in [-0.3, -0.25) is 15.1 Å². The van der Waals surface area contributed by atoms with Crippen molar-refractivity contribution in [2.75, 3.05) is 7.05 Å². The molecule has 0 bridgehead atoms. The Balaban J connectivity index is 2.46. The van der Waals surface area contributed by atoms with E-state index in [9.17, 15) is 18.5 Å². The molecule has 1 aromatic carbocycles. The topological polar surface area (TPSA) is 93.4 Å². The van der Waals surface area contributed by atoms with Crippen LogP contribution in [0.5, 0.6) is 0 Å². The molecule has 0 saturated carbocycles. The molecule has 1 unspecified atom stereocenters. The van der Waals surface area contributed by atoms with E-state index in [1.54, 1.807) is 31.3 Å². The van der Waals surface area contributed by atoms with Gasteiger partial charge in [-0.15, -0.1) is 0 Å². The predicted octanol–water partition coefficient (Wildman–Crippen LogP) is 2.68. The molecule has 122 valence electrons. The summed E-state index contributed by atoms with van der Waals surface area (Å²) in [6, 6.07) is 8.79. The van der Waals surface area contributed by atoms with E-state index < -0.39 is 21.0 Å². The van der Waals surface area contributed by atoms with Crippen LogP contribution < -0.4 is 0 Å². The first-order valence-electron chi connectivity index (χ1n) is 6.89. The van der Waals surface area contributed by atoms with E-state index in [1.165, 1.54) is 36.5 Å². The Morgan fingerprint density at radius 3 is 2.48 bits per heavy atom. The molecule has 7 nitrogen and oxygen atoms in total. The van der Waals surface area contributed by atoms with Crippen molar-refractivity contribution in [3.63, 3.8) is 0 Å². The van der Waals surface area contributed by atoms with Crippen molar-refractivity contribution in [3.8, 4) is 0 Å². The van der Waals surface area contributed by atoms with Gasteiger partial charge in [0.1, 0.15) is 0 Å². The smallest absolute Gasteiger partial charge is 0.260 e. The summed E-state index contributed by atoms with van der Waals surface area (Å²) >= 11 is 0. The highest BCUT2D eigenvalue weighted by molar-refractivity contribution is 7.89. The van der Waals surface area contributed by atoms with Gasteiger partial charge in [0.25, 0.3) is 5.69 Å². The van der Waals surface area contributed by atoms with Crippen molar-refractivity contribution < 1.29 is 13.3 Å². The Kier molecular flexibility index (Phi) is 4.76. The van der Waals surface area contributed by atoms with Crippen LogP contribution >= 0.6 is 0 Å². The van der Waals surface area contributed by atoms with E-state index in [-0.39, 0.29) is 16.1 Å². The molecule has 8 heteroatoms. The van der Waals surface area contributed by atoms with Crippen LogP contribution in [-0.4, -0.2) is 29.7 Å². The second kappa shape index (κ2) is 6.43. The molecule has 2 rings (SSSR count). The molecule has 1 heterocycles. The largest absolute Gasteiger partial charge is 0.273 e. The van der Waals surface area contributed by atoms with E-state index in [4.69, 9.17) is 0 Å². The van der Waals surface area contributed by atoms with E-state index >= 15 is 0 Å². The third kappa shape index (κ3) is 3.22. The molecule has 0 fully saturated rings. The maximum Gasteiger partial charge on any atom is 0.273 e. The average Bonchev–Trinajstić information content (AvgIpc) is 2.54. The summed E-state index contributed by atoms with van der Waals surface area (Å²) in [4.78, 5) is 14.5. The highest BCUT2D eigenvalue weighted by Gasteiger charge is 2.30. The molecule has 2 aromatic rings. The summed E-state index contributed by atoms with van der Waals surface area (Å²) in [5.74, 6) is 0. The minimum Gasteiger partial charge on any atom is -0.260 e. The summed E-state index contributed by atoms with van der Waals surface area (Å²) in [6.45, 7) is 3.15. The lowest BCUT2D eigenvalue weighted by Crippen LogP contribution is -2.30. The minimum absolute atomic E-state index is 0.0722. The highest BCUT2D eigenvalue weighted by Crippen LogP contribution is 2.30. The summed E-state index contributed by atoms with van der Waals surface area (Å²) in [5.41, 5.74) is 0.504. The Morgan fingerprint density at radius 1 is 1.22 bits per heavy atom. The highest BCUT2D eigenvalue weighted by atomic mass is 32.2. The van der Waals surface area contributed by atoms with Crippen LogP contribution in [0.25, 0.3) is 0 Å². The Hall–Kier alpha value is -2.32. The van der Waals surface area contributed by atoms with Crippen LogP contribution in [0.15, 0.2) is 47.5 Å². The lowest BCUT2D eigenvalue weighted by atomic mass is 10.2. The zero-order chi connectivity index (χ0) is 17.2. The second-order valence-corrected chi connectivity index (χ2v) is 7.08. The van der Waals surface area contributed by atoms with Crippen LogP contribution in [0.1, 0.15) is 24.2 Å². The molecule has 23 heavy (non-hydrogen) atoms. The number of nitro benzene ring substituents is 1. The van der Waals surface area contributed by atoms with Gasteiger partial charge >= 0.3 is 0 Å². The number of pyridine rings is 1. The molecule has 0 aliphatic carbocycles. The summed E-state index contributed by atoms with van der Waals surface area (Å²) in [6.07, 6.45) is 1.59. The van der Waals surface area contributed by atoms with Crippen molar-refractivity contribution in [1.82, 2.24) is 9.29 Å². The fourth-order valence-corrected chi connectivity index (χ4v) is 3.83. The van der Waals surface area contributed by atoms with Gasteiger partial charge in [-0.1, -0.05) is 12.1 Å². The van der Waals surface area contributed by atoms with Gasteiger partial charge in [0.2, 0.25) is 10.0 Å². The SMILES string of the molecule is Cc1c([N+](=O)[O-])cccc1S(=O)(=O)N(C)C(C)c1ccccn1. The third-order valence-electron chi connectivity index (χ3n) is 3.77. The fourth-order valence-electron chi connectivity index (χ4n) is 2.25. The Bertz CT molecular complexity index is 822. The number of sulfonamides is 1. The lowest BCUT2D eigenvalue weighted by molar-refractivity contribution is -0.385. The van der Waals surface area contributed by atoms with Gasteiger partial charge < -0.3 is 0 Å². The maximum absolute atomic E-state index is 12.8. The van der Waals surface area contributed by atoms with Gasteiger partial charge in [-0.25, -0.2) is 8.42 Å². The maximum atomic E-state index is 12.8. The number of nitrogens with zero attached hydrogens (tertiary/aromatic N) is 3. The Labute approximate surface area is 134 Å². The first-order valence-corrected chi connectivity index (χ1v) is 8.33. The molecule has 0 saturated heterocycles. The molecule has 0 aliphatic heterocycles. The van der Waals surface area contributed by atoms with Crippen molar-refractivity contribution in [3.05, 3.63) is 64.0 Å². The quantitative estimate of drug-likeness (QED) is 0.618. The van der Waals surface area contributed by atoms with Gasteiger partial charge in [-0.2, -0.15) is 4.31 Å². The first-order chi connectivity index (χ1) is 10.8. The van der Waals surface area contributed by atoms with Gasteiger partial charge in [0.05, 0.1) is 21.6 Å². The van der Waals surface area contributed by atoms with Gasteiger partial charge in [-0.05, 0) is 32.0 Å². The van der Waals surface area contributed by atoms with E-state index in [0.29, 0.717) is 5.69 Å². The molecular formula is C15H17N3O4S. The Morgan fingerprint density at radius 2 is 1.91 bits per heavy atom. The zero-order valence-electron chi connectivity index (χ0n) is 13.0. The number of rotatable bonds is 5. The van der Waals surface area contributed by atoms with Crippen molar-refractivity contribution in [2.45, 2.75) is 24.8 Å². The summed E-state index contributed by atoms with van der Waals surface area (Å²) < 4.78 is 26.8. The van der Waals surface area contributed by atoms with Crippen molar-refractivity contribution in [1.29, 1.82) is 0 Å². The first kappa shape index (κ1) is 17.0. The van der Waals surface area contributed by atoms with Crippen LogP contribution in [0, 0.1) is 17.0 Å². The van der Waals surface area contributed by atoms with Crippen LogP contribution in [0.2, 0.25) is 0 Å². The van der Waals surface area contributed by atoms with Crippen molar-refractivity contribution in [2.24, 2.45) is 0 Å². The number of aromatic nitrogens is 1. The molecule has 1 aromatic heterocycles. The normalized spacial score (nSPS) is 13.0. The third-order valence-corrected chi connectivity index (χ3v) is 5.84. The van der Waals surface area contributed by atoms with Gasteiger partial charge in [0.15, 0.2) is 0 Å². The average molecular weight is 335 g/mol. The molecule has 1 atom stereocenters. The number of hydrogen-bond donors (Lipinski definition) is 0. The van der Waals surface area contributed by atoms with E-state index in [1.807, 2.05) is 0 Å². The minimum atomic E-state index is -3.88.